The lowest BCUT2D eigenvalue weighted by Crippen LogP contribution is -2.48. The Balaban J connectivity index is 2.51. The van der Waals surface area contributed by atoms with Gasteiger partial charge in [-0.1, -0.05) is 25.5 Å². The smallest absolute Gasteiger partial charge is 0.238 e. The summed E-state index contributed by atoms with van der Waals surface area (Å²) in [6.07, 6.45) is 2.36. The summed E-state index contributed by atoms with van der Waals surface area (Å²) in [4.78, 5) is 24.4. The highest BCUT2D eigenvalue weighted by Gasteiger charge is 2.35. The van der Waals surface area contributed by atoms with E-state index in [9.17, 15) is 18.0 Å². The summed E-state index contributed by atoms with van der Waals surface area (Å²) in [5.74, 6) is -0.640. The number of rotatable bonds is 9. The van der Waals surface area contributed by atoms with Crippen LogP contribution in [-0.2, 0) is 26.0 Å². The predicted molar refractivity (Wildman–Crippen MR) is 96.2 cm³/mol. The van der Waals surface area contributed by atoms with Gasteiger partial charge in [-0.25, -0.2) is 13.6 Å². The van der Waals surface area contributed by atoms with Crippen LogP contribution in [0.1, 0.15) is 39.2 Å². The van der Waals surface area contributed by atoms with Crippen LogP contribution in [0.4, 0.5) is 0 Å². The van der Waals surface area contributed by atoms with Gasteiger partial charge in [0.15, 0.2) is 0 Å². The molecule has 8 heteroatoms. The number of sulfonamides is 1. The van der Waals surface area contributed by atoms with Crippen molar-refractivity contribution in [3.05, 3.63) is 29.8 Å². The number of carbonyl (C=O) groups excluding carboxylic acids is 2. The summed E-state index contributed by atoms with van der Waals surface area (Å²) in [5.41, 5.74) is -0.288. The van der Waals surface area contributed by atoms with Gasteiger partial charge in [0.2, 0.25) is 21.8 Å². The molecular formula is C17H27N3O4S. The zero-order valence-corrected chi connectivity index (χ0v) is 15.8. The van der Waals surface area contributed by atoms with Crippen molar-refractivity contribution in [2.45, 2.75) is 44.9 Å². The fourth-order valence-electron chi connectivity index (χ4n) is 2.09. The van der Waals surface area contributed by atoms with Crippen LogP contribution < -0.4 is 15.8 Å². The molecule has 7 nitrogen and oxygen atoms in total. The van der Waals surface area contributed by atoms with Crippen LogP contribution in [0.2, 0.25) is 0 Å². The molecule has 0 fully saturated rings. The van der Waals surface area contributed by atoms with Crippen molar-refractivity contribution in [2.24, 2.45) is 10.6 Å². The second kappa shape index (κ2) is 8.96. The molecule has 0 aliphatic rings. The number of hydrogen-bond acceptors (Lipinski definition) is 4. The maximum Gasteiger partial charge on any atom is 0.238 e. The normalized spacial score (nSPS) is 11.8. The summed E-state index contributed by atoms with van der Waals surface area (Å²) in [6, 6.07) is 6.15. The van der Waals surface area contributed by atoms with Gasteiger partial charge in [-0.05, 0) is 44.4 Å². The number of amides is 2. The number of nitrogens with one attached hydrogen (secondary N) is 2. The van der Waals surface area contributed by atoms with E-state index < -0.39 is 15.4 Å². The van der Waals surface area contributed by atoms with Crippen LogP contribution in [-0.4, -0.2) is 33.3 Å². The first-order valence-corrected chi connectivity index (χ1v) is 9.82. The average Bonchev–Trinajstić information content (AvgIpc) is 2.54. The molecule has 2 amide bonds. The van der Waals surface area contributed by atoms with E-state index in [1.807, 2.05) is 6.92 Å². The first-order valence-electron chi connectivity index (χ1n) is 8.27. The second-order valence-corrected chi connectivity index (χ2v) is 7.99. The van der Waals surface area contributed by atoms with Crippen LogP contribution in [0.3, 0.4) is 0 Å². The van der Waals surface area contributed by atoms with E-state index in [-0.39, 0.29) is 16.7 Å². The quantitative estimate of drug-likeness (QED) is 0.443. The Bertz CT molecular complexity index is 697. The topological polar surface area (TPSA) is 118 Å². The third kappa shape index (κ3) is 6.47. The van der Waals surface area contributed by atoms with Crippen LogP contribution in [0.5, 0.6) is 0 Å². The van der Waals surface area contributed by atoms with Crippen molar-refractivity contribution in [1.82, 2.24) is 10.6 Å². The largest absolute Gasteiger partial charge is 0.355 e. The molecule has 1 aromatic rings. The van der Waals surface area contributed by atoms with E-state index in [0.29, 0.717) is 19.5 Å². The molecule has 0 radical (unpaired) electrons. The lowest BCUT2D eigenvalue weighted by atomic mass is 9.91. The highest BCUT2D eigenvalue weighted by molar-refractivity contribution is 7.89. The fourth-order valence-corrected chi connectivity index (χ4v) is 2.61. The van der Waals surface area contributed by atoms with E-state index >= 15 is 0 Å². The highest BCUT2D eigenvalue weighted by atomic mass is 32.2. The zero-order valence-electron chi connectivity index (χ0n) is 15.0. The van der Waals surface area contributed by atoms with Gasteiger partial charge in [0.05, 0.1) is 4.90 Å². The van der Waals surface area contributed by atoms with Crippen molar-refractivity contribution in [3.63, 3.8) is 0 Å². The Morgan fingerprint density at radius 2 is 1.56 bits per heavy atom. The van der Waals surface area contributed by atoms with Crippen LogP contribution in [0.25, 0.3) is 0 Å². The van der Waals surface area contributed by atoms with Gasteiger partial charge in [-0.2, -0.15) is 0 Å². The molecule has 0 aliphatic heterocycles. The number of benzene rings is 1. The third-order valence-electron chi connectivity index (χ3n) is 3.90. The highest BCUT2D eigenvalue weighted by Crippen LogP contribution is 2.15. The van der Waals surface area contributed by atoms with Crippen LogP contribution in [0.15, 0.2) is 29.2 Å². The minimum Gasteiger partial charge on any atom is -0.355 e. The number of primary sulfonamides is 1. The molecule has 0 atom stereocenters. The molecule has 0 heterocycles. The summed E-state index contributed by atoms with van der Waals surface area (Å²) in [5, 5.41) is 10.6. The molecule has 0 bridgehead atoms. The summed E-state index contributed by atoms with van der Waals surface area (Å²) in [7, 11) is -3.71. The third-order valence-corrected chi connectivity index (χ3v) is 4.83. The summed E-state index contributed by atoms with van der Waals surface area (Å²) < 4.78 is 22.4. The lowest BCUT2D eigenvalue weighted by Gasteiger charge is -2.22. The van der Waals surface area contributed by atoms with Crippen LogP contribution >= 0.6 is 0 Å². The average molecular weight is 369 g/mol. The Morgan fingerprint density at radius 1 is 1.04 bits per heavy atom. The Labute approximate surface area is 149 Å². The first kappa shape index (κ1) is 21.1. The molecule has 0 aromatic heterocycles. The van der Waals surface area contributed by atoms with Crippen molar-refractivity contribution in [2.75, 3.05) is 13.1 Å². The van der Waals surface area contributed by atoms with Gasteiger partial charge >= 0.3 is 0 Å². The fraction of sp³-hybridized carbons (Fsp3) is 0.529. The maximum absolute atomic E-state index is 12.2. The monoisotopic (exact) mass is 369 g/mol. The number of unbranched alkanes of at least 4 members (excludes halogenated alkanes) is 1. The molecule has 0 unspecified atom stereocenters. The van der Waals surface area contributed by atoms with E-state index in [1.165, 1.54) is 12.1 Å². The Morgan fingerprint density at radius 3 is 2.04 bits per heavy atom. The number of hydrogen-bond donors (Lipinski definition) is 3. The SMILES string of the molecule is CCCCNC(=O)C(C)(C)C(=O)NCCc1ccc(S(N)(=O)=O)cc1. The van der Waals surface area contributed by atoms with Gasteiger partial charge in [-0.3, -0.25) is 9.59 Å². The summed E-state index contributed by atoms with van der Waals surface area (Å²) in [6.45, 7) is 6.11. The lowest BCUT2D eigenvalue weighted by molar-refractivity contribution is -0.141. The number of carbonyl (C=O) groups is 2. The van der Waals surface area contributed by atoms with E-state index in [4.69, 9.17) is 5.14 Å². The van der Waals surface area contributed by atoms with E-state index in [2.05, 4.69) is 10.6 Å². The van der Waals surface area contributed by atoms with Gasteiger partial charge in [0.25, 0.3) is 0 Å². The van der Waals surface area contributed by atoms with Gasteiger partial charge in [0, 0.05) is 13.1 Å². The van der Waals surface area contributed by atoms with Gasteiger partial charge in [-0.15, -0.1) is 0 Å². The predicted octanol–water partition coefficient (Wildman–Crippen LogP) is 0.935. The minimum atomic E-state index is -3.71. The second-order valence-electron chi connectivity index (χ2n) is 6.43. The molecule has 1 aromatic carbocycles. The molecule has 1 rings (SSSR count). The van der Waals surface area contributed by atoms with Gasteiger partial charge < -0.3 is 10.6 Å². The zero-order chi connectivity index (χ0) is 19.1. The van der Waals surface area contributed by atoms with E-state index in [1.54, 1.807) is 26.0 Å². The Hall–Kier alpha value is -1.93. The molecule has 0 spiro atoms. The standard InChI is InChI=1S/C17H27N3O4S/c1-4-5-11-19-15(21)17(2,3)16(22)20-12-10-13-6-8-14(9-7-13)25(18,23)24/h6-9H,4-5,10-12H2,1-3H3,(H,19,21)(H,20,22)(H2,18,23,24). The molecule has 0 saturated heterocycles. The van der Waals surface area contributed by atoms with Crippen molar-refractivity contribution < 1.29 is 18.0 Å². The summed E-state index contributed by atoms with van der Waals surface area (Å²) >= 11 is 0. The van der Waals surface area contributed by atoms with E-state index in [0.717, 1.165) is 18.4 Å². The molecule has 140 valence electrons. The molecule has 25 heavy (non-hydrogen) atoms. The van der Waals surface area contributed by atoms with Crippen molar-refractivity contribution >= 4 is 21.8 Å². The molecule has 4 N–H and O–H groups in total. The Kier molecular flexibility index (Phi) is 7.57. The van der Waals surface area contributed by atoms with Crippen molar-refractivity contribution in [3.8, 4) is 0 Å². The van der Waals surface area contributed by atoms with Crippen molar-refractivity contribution in [1.29, 1.82) is 0 Å². The number of nitrogens with two attached hydrogens (primary N) is 1. The molecule has 0 aliphatic carbocycles. The first-order chi connectivity index (χ1) is 11.6. The van der Waals surface area contributed by atoms with Crippen LogP contribution in [0, 0.1) is 5.41 Å². The van der Waals surface area contributed by atoms with Gasteiger partial charge in [0.1, 0.15) is 5.41 Å². The minimum absolute atomic E-state index is 0.0465. The molecular weight excluding hydrogens is 342 g/mol. The molecule has 0 saturated carbocycles. The maximum atomic E-state index is 12.2.